The van der Waals surface area contributed by atoms with Gasteiger partial charge in [-0.1, -0.05) is 32.0 Å². The Morgan fingerprint density at radius 3 is 2.67 bits per heavy atom. The molecule has 1 heterocycles. The number of likely N-dealkylation sites (N-methyl/N-ethyl adjacent to an activating group) is 1. The molecule has 1 aromatic heterocycles. The largest absolute Gasteiger partial charge is 0.384 e. The van der Waals surface area contributed by atoms with Crippen molar-refractivity contribution in [3.8, 4) is 0 Å². The number of nitrogens with zero attached hydrogens (tertiary/aromatic N) is 2. The zero-order chi connectivity index (χ0) is 17.5. The number of anilines is 2. The Balaban J connectivity index is 2.08. The topological polar surface area (TPSA) is 57.3 Å². The van der Waals surface area contributed by atoms with E-state index in [1.807, 2.05) is 44.4 Å². The molecule has 0 aliphatic carbocycles. The van der Waals surface area contributed by atoms with Gasteiger partial charge in [-0.2, -0.15) is 0 Å². The van der Waals surface area contributed by atoms with E-state index < -0.39 is 0 Å². The van der Waals surface area contributed by atoms with Gasteiger partial charge in [0.05, 0.1) is 0 Å². The first kappa shape index (κ1) is 17.9. The van der Waals surface area contributed by atoms with Crippen molar-refractivity contribution in [2.24, 2.45) is 0 Å². The summed E-state index contributed by atoms with van der Waals surface area (Å²) in [5.74, 6) is 0.146. The van der Waals surface area contributed by atoms with Crippen LogP contribution in [0.1, 0.15) is 35.8 Å². The molecule has 0 saturated heterocycles. The molecular weight excluding hydrogens is 300 g/mol. The molecular formula is C19H26N4O. The standard InChI is InChI=1S/C19H26N4O/c1-14(2)16-7-5-6-8-17(16)22-19(24)18-13-15(9-10-21-18)20-11-12-23(3)4/h5-10,13-14H,11-12H2,1-4H3,(H,20,21)(H,22,24). The number of hydrogen-bond acceptors (Lipinski definition) is 4. The first-order chi connectivity index (χ1) is 11.5. The second kappa shape index (κ2) is 8.45. The van der Waals surface area contributed by atoms with Gasteiger partial charge in [0.1, 0.15) is 5.69 Å². The van der Waals surface area contributed by atoms with Crippen LogP contribution in [0.25, 0.3) is 0 Å². The van der Waals surface area contributed by atoms with E-state index in [9.17, 15) is 4.79 Å². The van der Waals surface area contributed by atoms with Crippen LogP contribution in [-0.2, 0) is 0 Å². The van der Waals surface area contributed by atoms with Crippen LogP contribution in [0.3, 0.4) is 0 Å². The molecule has 2 N–H and O–H groups in total. The van der Waals surface area contributed by atoms with Crippen LogP contribution in [0, 0.1) is 0 Å². The van der Waals surface area contributed by atoms with E-state index in [1.54, 1.807) is 12.3 Å². The van der Waals surface area contributed by atoms with Crippen LogP contribution in [0.2, 0.25) is 0 Å². The predicted octanol–water partition coefficient (Wildman–Crippen LogP) is 3.43. The average Bonchev–Trinajstić information content (AvgIpc) is 2.55. The van der Waals surface area contributed by atoms with Crippen LogP contribution < -0.4 is 10.6 Å². The summed E-state index contributed by atoms with van der Waals surface area (Å²) in [6.45, 7) is 5.96. The van der Waals surface area contributed by atoms with Gasteiger partial charge in [-0.05, 0) is 43.8 Å². The van der Waals surface area contributed by atoms with E-state index in [2.05, 4.69) is 34.4 Å². The van der Waals surface area contributed by atoms with Gasteiger partial charge >= 0.3 is 0 Å². The number of carbonyl (C=O) groups is 1. The minimum absolute atomic E-state index is 0.195. The highest BCUT2D eigenvalue weighted by molar-refractivity contribution is 6.03. The summed E-state index contributed by atoms with van der Waals surface area (Å²) in [6, 6.07) is 11.5. The Morgan fingerprint density at radius 2 is 1.96 bits per heavy atom. The van der Waals surface area contributed by atoms with Crippen molar-refractivity contribution < 1.29 is 4.79 Å². The zero-order valence-electron chi connectivity index (χ0n) is 14.8. The molecule has 0 aliphatic heterocycles. The minimum Gasteiger partial charge on any atom is -0.384 e. The Bertz CT molecular complexity index is 683. The third kappa shape index (κ3) is 5.06. The van der Waals surface area contributed by atoms with Crippen molar-refractivity contribution in [1.82, 2.24) is 9.88 Å². The number of amides is 1. The maximum absolute atomic E-state index is 12.5. The average molecular weight is 326 g/mol. The number of hydrogen-bond donors (Lipinski definition) is 2. The van der Waals surface area contributed by atoms with Gasteiger partial charge in [0.15, 0.2) is 0 Å². The van der Waals surface area contributed by atoms with Crippen LogP contribution in [0.4, 0.5) is 11.4 Å². The number of pyridine rings is 1. The molecule has 128 valence electrons. The monoisotopic (exact) mass is 326 g/mol. The highest BCUT2D eigenvalue weighted by Gasteiger charge is 2.12. The van der Waals surface area contributed by atoms with Gasteiger partial charge in [0, 0.05) is 30.7 Å². The normalized spacial score (nSPS) is 10.9. The van der Waals surface area contributed by atoms with E-state index in [-0.39, 0.29) is 5.91 Å². The molecule has 0 fully saturated rings. The molecule has 0 bridgehead atoms. The van der Waals surface area contributed by atoms with Crippen molar-refractivity contribution in [3.63, 3.8) is 0 Å². The third-order valence-corrected chi connectivity index (χ3v) is 3.71. The van der Waals surface area contributed by atoms with E-state index in [1.165, 1.54) is 0 Å². The lowest BCUT2D eigenvalue weighted by molar-refractivity contribution is 0.102. The zero-order valence-corrected chi connectivity index (χ0v) is 14.8. The molecule has 2 rings (SSSR count). The van der Waals surface area contributed by atoms with Crippen LogP contribution in [0.5, 0.6) is 0 Å². The van der Waals surface area contributed by atoms with Crippen LogP contribution >= 0.6 is 0 Å². The summed E-state index contributed by atoms with van der Waals surface area (Å²) in [6.07, 6.45) is 1.65. The molecule has 1 amide bonds. The van der Waals surface area contributed by atoms with Crippen LogP contribution in [-0.4, -0.2) is 43.0 Å². The first-order valence-electron chi connectivity index (χ1n) is 8.22. The molecule has 24 heavy (non-hydrogen) atoms. The summed E-state index contributed by atoms with van der Waals surface area (Å²) >= 11 is 0. The predicted molar refractivity (Wildman–Crippen MR) is 99.8 cm³/mol. The van der Waals surface area contributed by atoms with Crippen molar-refractivity contribution in [3.05, 3.63) is 53.9 Å². The van der Waals surface area contributed by atoms with Gasteiger partial charge in [-0.15, -0.1) is 0 Å². The van der Waals surface area contributed by atoms with E-state index >= 15 is 0 Å². The van der Waals surface area contributed by atoms with Gasteiger partial charge in [-0.25, -0.2) is 0 Å². The molecule has 0 radical (unpaired) electrons. The van der Waals surface area contributed by atoms with Gasteiger partial charge in [0.2, 0.25) is 0 Å². The lowest BCUT2D eigenvalue weighted by atomic mass is 10.0. The molecule has 5 nitrogen and oxygen atoms in total. The fourth-order valence-electron chi connectivity index (χ4n) is 2.39. The maximum Gasteiger partial charge on any atom is 0.274 e. The Kier molecular flexibility index (Phi) is 6.32. The van der Waals surface area contributed by atoms with Crippen LogP contribution in [0.15, 0.2) is 42.6 Å². The Hall–Kier alpha value is -2.40. The number of aromatic nitrogens is 1. The molecule has 0 saturated carbocycles. The highest BCUT2D eigenvalue weighted by Crippen LogP contribution is 2.24. The van der Waals surface area contributed by atoms with Gasteiger partial charge in [-0.3, -0.25) is 9.78 Å². The highest BCUT2D eigenvalue weighted by atomic mass is 16.1. The first-order valence-corrected chi connectivity index (χ1v) is 8.22. The van der Waals surface area contributed by atoms with Crippen molar-refractivity contribution >= 4 is 17.3 Å². The second-order valence-corrected chi connectivity index (χ2v) is 6.36. The Morgan fingerprint density at radius 1 is 1.21 bits per heavy atom. The Labute approximate surface area is 144 Å². The van der Waals surface area contributed by atoms with Crippen molar-refractivity contribution in [2.45, 2.75) is 19.8 Å². The molecule has 0 atom stereocenters. The molecule has 0 aliphatic rings. The lowest BCUT2D eigenvalue weighted by Crippen LogP contribution is -2.21. The summed E-state index contributed by atoms with van der Waals surface area (Å²) in [5, 5.41) is 6.28. The van der Waals surface area contributed by atoms with Crippen molar-refractivity contribution in [2.75, 3.05) is 37.8 Å². The van der Waals surface area contributed by atoms with Gasteiger partial charge < -0.3 is 15.5 Å². The maximum atomic E-state index is 12.5. The minimum atomic E-state index is -0.195. The summed E-state index contributed by atoms with van der Waals surface area (Å²) in [5.41, 5.74) is 3.26. The third-order valence-electron chi connectivity index (χ3n) is 3.71. The van der Waals surface area contributed by atoms with E-state index in [0.717, 1.165) is 30.0 Å². The molecule has 0 spiro atoms. The van der Waals surface area contributed by atoms with Crippen molar-refractivity contribution in [1.29, 1.82) is 0 Å². The molecule has 2 aromatic rings. The molecule has 0 unspecified atom stereocenters. The fraction of sp³-hybridized carbons (Fsp3) is 0.368. The number of carbonyl (C=O) groups excluding carboxylic acids is 1. The summed E-state index contributed by atoms with van der Waals surface area (Å²) < 4.78 is 0. The second-order valence-electron chi connectivity index (χ2n) is 6.36. The number of benzene rings is 1. The lowest BCUT2D eigenvalue weighted by Gasteiger charge is -2.14. The quantitative estimate of drug-likeness (QED) is 0.818. The van der Waals surface area contributed by atoms with E-state index in [0.29, 0.717) is 11.6 Å². The van der Waals surface area contributed by atoms with E-state index in [4.69, 9.17) is 0 Å². The number of para-hydroxylation sites is 1. The number of nitrogens with one attached hydrogen (secondary N) is 2. The SMILES string of the molecule is CC(C)c1ccccc1NC(=O)c1cc(NCCN(C)C)ccn1. The smallest absolute Gasteiger partial charge is 0.274 e. The number of rotatable bonds is 7. The van der Waals surface area contributed by atoms with Gasteiger partial charge in [0.25, 0.3) is 5.91 Å². The summed E-state index contributed by atoms with van der Waals surface area (Å²) in [7, 11) is 4.05. The fourth-order valence-corrected chi connectivity index (χ4v) is 2.39. The summed E-state index contributed by atoms with van der Waals surface area (Å²) in [4.78, 5) is 18.8. The molecule has 5 heteroatoms. The molecule has 1 aromatic carbocycles.